The van der Waals surface area contributed by atoms with E-state index in [9.17, 15) is 13.6 Å². The number of nitrogens with one attached hydrogen (secondary N) is 1. The summed E-state index contributed by atoms with van der Waals surface area (Å²) in [6, 6.07) is 3.45. The molecule has 2 aromatic heterocycles. The Balaban J connectivity index is 2.30. The first-order valence-electron chi connectivity index (χ1n) is 5.63. The highest BCUT2D eigenvalue weighted by atomic mass is 19.2. The predicted octanol–water partition coefficient (Wildman–Crippen LogP) is 1.79. The van der Waals surface area contributed by atoms with E-state index in [0.29, 0.717) is 5.69 Å². The average molecular weight is 278 g/mol. The molecular formula is C12H8F2N4O2. The maximum atomic E-state index is 13.3. The number of carboxylic acid groups (broad SMARTS) is 1. The van der Waals surface area contributed by atoms with Crippen molar-refractivity contribution in [3.63, 3.8) is 0 Å². The number of aliphatic carboxylic acids is 1. The summed E-state index contributed by atoms with van der Waals surface area (Å²) in [6.45, 7) is -0.421. The highest BCUT2D eigenvalue weighted by Crippen LogP contribution is 2.25. The molecule has 0 aliphatic carbocycles. The maximum absolute atomic E-state index is 13.3. The van der Waals surface area contributed by atoms with Crippen molar-refractivity contribution in [2.75, 3.05) is 0 Å². The van der Waals surface area contributed by atoms with Crippen molar-refractivity contribution < 1.29 is 18.7 Å². The van der Waals surface area contributed by atoms with Gasteiger partial charge in [-0.2, -0.15) is 5.10 Å². The minimum Gasteiger partial charge on any atom is -0.480 e. The van der Waals surface area contributed by atoms with Gasteiger partial charge in [-0.15, -0.1) is 0 Å². The molecule has 0 saturated carbocycles. The number of aromatic nitrogens is 4. The molecule has 0 radical (unpaired) electrons. The highest BCUT2D eigenvalue weighted by molar-refractivity contribution is 5.82. The van der Waals surface area contributed by atoms with Crippen molar-refractivity contribution in [3.8, 4) is 11.5 Å². The number of fused-ring (bicyclic) bond motifs is 1. The van der Waals surface area contributed by atoms with Crippen molar-refractivity contribution in [2.45, 2.75) is 6.54 Å². The lowest BCUT2D eigenvalue weighted by Gasteiger charge is -2.04. The van der Waals surface area contributed by atoms with Gasteiger partial charge in [0.1, 0.15) is 12.2 Å². The van der Waals surface area contributed by atoms with E-state index in [-0.39, 0.29) is 16.9 Å². The Morgan fingerprint density at radius 3 is 2.75 bits per heavy atom. The molecule has 102 valence electrons. The quantitative estimate of drug-likeness (QED) is 0.765. The molecule has 8 heteroatoms. The van der Waals surface area contributed by atoms with Crippen molar-refractivity contribution in [3.05, 3.63) is 36.0 Å². The van der Waals surface area contributed by atoms with E-state index in [0.717, 1.165) is 12.1 Å². The minimum absolute atomic E-state index is 0.176. The van der Waals surface area contributed by atoms with Crippen molar-refractivity contribution in [1.29, 1.82) is 0 Å². The Bertz CT molecular complexity index is 796. The van der Waals surface area contributed by atoms with Gasteiger partial charge in [-0.05, 0) is 6.07 Å². The number of halogens is 2. The molecule has 6 nitrogen and oxygen atoms in total. The number of hydrogen-bond donors (Lipinski definition) is 2. The summed E-state index contributed by atoms with van der Waals surface area (Å²) in [7, 11) is 0. The largest absolute Gasteiger partial charge is 0.480 e. The summed E-state index contributed by atoms with van der Waals surface area (Å²) >= 11 is 0. The van der Waals surface area contributed by atoms with Crippen LogP contribution in [0.25, 0.3) is 22.6 Å². The second kappa shape index (κ2) is 4.41. The van der Waals surface area contributed by atoms with Crippen LogP contribution in [-0.2, 0) is 11.3 Å². The van der Waals surface area contributed by atoms with Gasteiger partial charge in [-0.3, -0.25) is 9.89 Å². The molecule has 2 heterocycles. The van der Waals surface area contributed by atoms with Gasteiger partial charge in [-0.1, -0.05) is 0 Å². The van der Waals surface area contributed by atoms with E-state index in [1.54, 1.807) is 6.07 Å². The molecule has 2 N–H and O–H groups in total. The van der Waals surface area contributed by atoms with Crippen LogP contribution in [0.3, 0.4) is 0 Å². The molecule has 0 fully saturated rings. The van der Waals surface area contributed by atoms with Gasteiger partial charge in [0.25, 0.3) is 0 Å². The lowest BCUT2D eigenvalue weighted by molar-refractivity contribution is -0.137. The fourth-order valence-corrected chi connectivity index (χ4v) is 2.00. The number of aromatic amines is 1. The summed E-state index contributed by atoms with van der Waals surface area (Å²) in [5.74, 6) is -2.95. The van der Waals surface area contributed by atoms with Gasteiger partial charge >= 0.3 is 5.97 Å². The Kier molecular flexibility index (Phi) is 2.70. The van der Waals surface area contributed by atoms with Crippen molar-refractivity contribution >= 4 is 17.0 Å². The van der Waals surface area contributed by atoms with Gasteiger partial charge in [-0.25, -0.2) is 13.8 Å². The zero-order valence-electron chi connectivity index (χ0n) is 9.97. The lowest BCUT2D eigenvalue weighted by atomic mass is 10.3. The molecule has 0 amide bonds. The van der Waals surface area contributed by atoms with Crippen LogP contribution < -0.4 is 0 Å². The van der Waals surface area contributed by atoms with E-state index in [4.69, 9.17) is 5.11 Å². The third kappa shape index (κ3) is 1.91. The van der Waals surface area contributed by atoms with Crippen LogP contribution in [0.1, 0.15) is 0 Å². The minimum atomic E-state index is -1.12. The third-order valence-corrected chi connectivity index (χ3v) is 2.83. The predicted molar refractivity (Wildman–Crippen MR) is 64.9 cm³/mol. The average Bonchev–Trinajstić information content (AvgIpc) is 2.99. The lowest BCUT2D eigenvalue weighted by Crippen LogP contribution is -2.10. The van der Waals surface area contributed by atoms with Crippen LogP contribution in [0, 0.1) is 11.6 Å². The molecule has 3 aromatic rings. The van der Waals surface area contributed by atoms with E-state index in [2.05, 4.69) is 15.2 Å². The molecule has 3 rings (SSSR count). The van der Waals surface area contributed by atoms with E-state index in [1.165, 1.54) is 10.8 Å². The van der Waals surface area contributed by atoms with Gasteiger partial charge in [0.15, 0.2) is 17.5 Å². The highest BCUT2D eigenvalue weighted by Gasteiger charge is 2.18. The smallest absolute Gasteiger partial charge is 0.323 e. The van der Waals surface area contributed by atoms with Gasteiger partial charge in [0, 0.05) is 18.3 Å². The van der Waals surface area contributed by atoms with Gasteiger partial charge in [0.05, 0.1) is 11.0 Å². The summed E-state index contributed by atoms with van der Waals surface area (Å²) in [4.78, 5) is 15.1. The van der Waals surface area contributed by atoms with Gasteiger partial charge < -0.3 is 9.67 Å². The number of H-pyrrole nitrogens is 1. The molecule has 0 spiro atoms. The Hall–Kier alpha value is -2.77. The fraction of sp³-hybridized carbons (Fsp3) is 0.0833. The molecule has 0 aliphatic heterocycles. The van der Waals surface area contributed by atoms with Crippen molar-refractivity contribution in [2.24, 2.45) is 0 Å². The van der Waals surface area contributed by atoms with Crippen LogP contribution in [0.5, 0.6) is 0 Å². The van der Waals surface area contributed by atoms with Crippen LogP contribution in [0.4, 0.5) is 8.78 Å². The van der Waals surface area contributed by atoms with Crippen LogP contribution in [0.15, 0.2) is 24.4 Å². The number of imidazole rings is 1. The first-order valence-corrected chi connectivity index (χ1v) is 5.63. The van der Waals surface area contributed by atoms with E-state index >= 15 is 0 Å². The number of nitrogens with zero attached hydrogens (tertiary/aromatic N) is 3. The second-order valence-corrected chi connectivity index (χ2v) is 4.14. The number of carboxylic acids is 1. The summed E-state index contributed by atoms with van der Waals surface area (Å²) in [6.07, 6.45) is 1.47. The number of hydrogen-bond acceptors (Lipinski definition) is 3. The third-order valence-electron chi connectivity index (χ3n) is 2.83. The van der Waals surface area contributed by atoms with Crippen LogP contribution in [0.2, 0.25) is 0 Å². The van der Waals surface area contributed by atoms with Crippen LogP contribution in [-0.4, -0.2) is 30.8 Å². The molecule has 1 aromatic carbocycles. The molecule has 0 saturated heterocycles. The second-order valence-electron chi connectivity index (χ2n) is 4.14. The Morgan fingerprint density at radius 2 is 2.10 bits per heavy atom. The van der Waals surface area contributed by atoms with E-state index in [1.807, 2.05) is 0 Å². The molecular weight excluding hydrogens is 270 g/mol. The monoisotopic (exact) mass is 278 g/mol. The standard InChI is InChI=1S/C12H8F2N4O2/c13-6-3-9-10(4-7(6)14)18(5-11(19)20)12(16-9)8-1-2-15-17-8/h1-4H,5H2,(H,15,17)(H,19,20). The van der Waals surface area contributed by atoms with Crippen LogP contribution >= 0.6 is 0 Å². The summed E-state index contributed by atoms with van der Waals surface area (Å²) < 4.78 is 27.9. The molecule has 0 bridgehead atoms. The summed E-state index contributed by atoms with van der Waals surface area (Å²) in [5.41, 5.74) is 0.842. The zero-order valence-corrected chi connectivity index (χ0v) is 9.97. The number of carbonyl (C=O) groups is 1. The molecule has 0 atom stereocenters. The first-order chi connectivity index (χ1) is 9.56. The first kappa shape index (κ1) is 12.3. The van der Waals surface area contributed by atoms with E-state index < -0.39 is 24.1 Å². The SMILES string of the molecule is O=C(O)Cn1c(-c2ccn[nH]2)nc2cc(F)c(F)cc21. The molecule has 20 heavy (non-hydrogen) atoms. The molecule has 0 unspecified atom stereocenters. The fourth-order valence-electron chi connectivity index (χ4n) is 2.00. The number of benzene rings is 1. The Labute approximate surface area is 110 Å². The topological polar surface area (TPSA) is 83.8 Å². The maximum Gasteiger partial charge on any atom is 0.323 e. The normalized spacial score (nSPS) is 11.1. The summed E-state index contributed by atoms with van der Waals surface area (Å²) in [5, 5.41) is 15.3. The zero-order chi connectivity index (χ0) is 14.3. The van der Waals surface area contributed by atoms with Gasteiger partial charge in [0.2, 0.25) is 0 Å². The number of rotatable bonds is 3. The molecule has 0 aliphatic rings. The Morgan fingerprint density at radius 1 is 1.35 bits per heavy atom. The van der Waals surface area contributed by atoms with Crippen molar-refractivity contribution in [1.82, 2.24) is 19.7 Å².